The van der Waals surface area contributed by atoms with Crippen molar-refractivity contribution in [3.63, 3.8) is 0 Å². The molecule has 1 aliphatic rings. The molecule has 27 heavy (non-hydrogen) atoms. The number of fused-ring (bicyclic) bond motifs is 1. The lowest BCUT2D eigenvalue weighted by atomic mass is 10.1. The number of amides is 1. The molecular weight excluding hydrogens is 460 g/mol. The molecule has 0 spiro atoms. The van der Waals surface area contributed by atoms with E-state index in [1.165, 1.54) is 0 Å². The molecule has 8 nitrogen and oxygen atoms in total. The Kier molecular flexibility index (Phi) is 5.27. The summed E-state index contributed by atoms with van der Waals surface area (Å²) in [7, 11) is 0. The third-order valence-electron chi connectivity index (χ3n) is 3.94. The maximum atomic E-state index is 12.4. The maximum absolute atomic E-state index is 12.4. The zero-order valence-corrected chi connectivity index (χ0v) is 16.6. The Labute approximate surface area is 168 Å². The normalized spacial score (nSPS) is 14.0. The predicted octanol–water partition coefficient (Wildman–Crippen LogP) is 1.60. The average Bonchev–Trinajstić information content (AvgIpc) is 3.04. The van der Waals surface area contributed by atoms with Gasteiger partial charge in [0.05, 0.1) is 10.9 Å². The number of hydrogen-bond donors (Lipinski definition) is 3. The van der Waals surface area contributed by atoms with Gasteiger partial charge < -0.3 is 15.3 Å². The number of nitrogens with zero attached hydrogens (tertiary/aromatic N) is 2. The van der Waals surface area contributed by atoms with E-state index in [-0.39, 0.29) is 20.8 Å². The molecule has 0 radical (unpaired) electrons. The van der Waals surface area contributed by atoms with E-state index >= 15 is 0 Å². The number of hydrogen-bond acceptors (Lipinski definition) is 6. The zero-order valence-electron chi connectivity index (χ0n) is 13.4. The first-order chi connectivity index (χ1) is 12.7. The number of aliphatic carboxylic acids is 2. The molecule has 2 heterocycles. The topological polar surface area (TPSA) is 129 Å². The standard InChI is InChI=1S/C16H11BrN2O6S2/c17-6-1-2-8-7(5-6)11(13(22)18-8)12-14(23)19(16(26)27-12)9(15(24)25)3-4-10(20)21/h1-2,5,9,23H,3-4H2,(H,20,21)(H,24,25)/t9-/m0/s1. The first kappa shape index (κ1) is 19.4. The number of aromatic hydroxyl groups is 1. The van der Waals surface area contributed by atoms with E-state index in [1.807, 2.05) is 0 Å². The molecule has 3 rings (SSSR count). The van der Waals surface area contributed by atoms with Crippen molar-refractivity contribution >= 4 is 62.9 Å². The molecule has 2 aromatic rings. The van der Waals surface area contributed by atoms with Crippen LogP contribution in [0.4, 0.5) is 0 Å². The molecule has 0 aliphatic carbocycles. The third-order valence-corrected chi connectivity index (χ3v) is 5.84. The third kappa shape index (κ3) is 3.57. The molecular formula is C16H11BrN2O6S2. The van der Waals surface area contributed by atoms with Gasteiger partial charge in [-0.3, -0.25) is 14.2 Å². The van der Waals surface area contributed by atoms with Crippen molar-refractivity contribution in [1.29, 1.82) is 0 Å². The van der Waals surface area contributed by atoms with Crippen molar-refractivity contribution in [2.45, 2.75) is 18.9 Å². The summed E-state index contributed by atoms with van der Waals surface area (Å²) in [5, 5.41) is 29.8. The van der Waals surface area contributed by atoms with E-state index in [4.69, 9.17) is 17.3 Å². The zero-order chi connectivity index (χ0) is 19.9. The second-order valence-electron chi connectivity index (χ2n) is 5.63. The van der Waals surface area contributed by atoms with Crippen molar-refractivity contribution in [2.24, 2.45) is 4.99 Å². The summed E-state index contributed by atoms with van der Waals surface area (Å²) in [6.07, 6.45) is -0.678. The SMILES string of the molecule is O=C(O)CC[C@@H](C(=O)O)n1c(O)c(C2=c3cc(Br)ccc3=NC2=O)sc1=S. The van der Waals surface area contributed by atoms with Gasteiger partial charge in [-0.2, -0.15) is 0 Å². The highest BCUT2D eigenvalue weighted by Crippen LogP contribution is 2.36. The van der Waals surface area contributed by atoms with Gasteiger partial charge in [-0.15, -0.1) is 11.3 Å². The minimum atomic E-state index is -1.37. The number of benzene rings is 1. The van der Waals surface area contributed by atoms with Crippen LogP contribution in [-0.4, -0.2) is 37.7 Å². The van der Waals surface area contributed by atoms with Crippen LogP contribution in [0, 0.1) is 3.95 Å². The van der Waals surface area contributed by atoms with Crippen LogP contribution in [0.3, 0.4) is 0 Å². The Morgan fingerprint density at radius 1 is 1.33 bits per heavy atom. The summed E-state index contributed by atoms with van der Waals surface area (Å²) in [5.41, 5.74) is 0.126. The Morgan fingerprint density at radius 3 is 2.67 bits per heavy atom. The second kappa shape index (κ2) is 7.33. The Morgan fingerprint density at radius 2 is 2.04 bits per heavy atom. The minimum Gasteiger partial charge on any atom is -0.493 e. The summed E-state index contributed by atoms with van der Waals surface area (Å²) in [6.45, 7) is 0. The van der Waals surface area contributed by atoms with Gasteiger partial charge in [0.1, 0.15) is 10.9 Å². The summed E-state index contributed by atoms with van der Waals surface area (Å²) in [4.78, 5) is 38.8. The number of carboxylic acids is 2. The number of thiazole rings is 1. The van der Waals surface area contributed by atoms with Gasteiger partial charge in [0.15, 0.2) is 3.95 Å². The first-order valence-electron chi connectivity index (χ1n) is 7.53. The van der Waals surface area contributed by atoms with Gasteiger partial charge in [0, 0.05) is 16.1 Å². The van der Waals surface area contributed by atoms with E-state index in [9.17, 15) is 24.6 Å². The van der Waals surface area contributed by atoms with E-state index in [0.29, 0.717) is 15.0 Å². The molecule has 11 heteroatoms. The first-order valence-corrected chi connectivity index (χ1v) is 9.54. The van der Waals surface area contributed by atoms with E-state index in [1.54, 1.807) is 18.2 Å². The number of rotatable bonds is 6. The predicted molar refractivity (Wildman–Crippen MR) is 101 cm³/mol. The van der Waals surface area contributed by atoms with Crippen LogP contribution in [0.25, 0.3) is 5.57 Å². The van der Waals surface area contributed by atoms with Crippen LogP contribution in [0.2, 0.25) is 0 Å². The highest BCUT2D eigenvalue weighted by Gasteiger charge is 2.30. The van der Waals surface area contributed by atoms with Gasteiger partial charge >= 0.3 is 11.9 Å². The summed E-state index contributed by atoms with van der Waals surface area (Å²) >= 11 is 9.37. The highest BCUT2D eigenvalue weighted by molar-refractivity contribution is 9.10. The fraction of sp³-hybridized carbons (Fsp3) is 0.188. The highest BCUT2D eigenvalue weighted by atomic mass is 79.9. The van der Waals surface area contributed by atoms with Crippen LogP contribution < -0.4 is 10.6 Å². The van der Waals surface area contributed by atoms with Crippen molar-refractivity contribution in [2.75, 3.05) is 0 Å². The van der Waals surface area contributed by atoms with Crippen molar-refractivity contribution in [3.8, 4) is 5.88 Å². The molecule has 3 N–H and O–H groups in total. The second-order valence-corrected chi connectivity index (χ2v) is 8.19. The lowest BCUT2D eigenvalue weighted by Crippen LogP contribution is -2.23. The number of carbonyl (C=O) groups is 3. The monoisotopic (exact) mass is 470 g/mol. The summed E-state index contributed by atoms with van der Waals surface area (Å²) < 4.78 is 1.69. The molecule has 0 saturated heterocycles. The average molecular weight is 471 g/mol. The quantitative estimate of drug-likeness (QED) is 0.546. The fourth-order valence-corrected chi connectivity index (χ4v) is 4.55. The molecule has 0 bridgehead atoms. The maximum Gasteiger partial charge on any atom is 0.326 e. The van der Waals surface area contributed by atoms with Crippen LogP contribution in [-0.2, 0) is 14.4 Å². The number of carbonyl (C=O) groups excluding carboxylic acids is 1. The molecule has 1 aliphatic heterocycles. The number of halogens is 1. The van der Waals surface area contributed by atoms with Crippen LogP contribution in [0.1, 0.15) is 23.8 Å². The van der Waals surface area contributed by atoms with Crippen LogP contribution >= 0.6 is 39.5 Å². The molecule has 1 atom stereocenters. The molecule has 1 amide bonds. The van der Waals surface area contributed by atoms with Gasteiger partial charge in [-0.1, -0.05) is 15.9 Å². The van der Waals surface area contributed by atoms with Gasteiger partial charge in [-0.25, -0.2) is 9.79 Å². The Bertz CT molecular complexity index is 1170. The number of aromatic nitrogens is 1. The summed E-state index contributed by atoms with van der Waals surface area (Å²) in [6, 6.07) is 3.67. The molecule has 1 aromatic heterocycles. The largest absolute Gasteiger partial charge is 0.493 e. The summed E-state index contributed by atoms with van der Waals surface area (Å²) in [5.74, 6) is -3.56. The van der Waals surface area contributed by atoms with Gasteiger partial charge in [0.2, 0.25) is 5.88 Å². The Balaban J connectivity index is 2.20. The van der Waals surface area contributed by atoms with Crippen molar-refractivity contribution in [1.82, 2.24) is 4.57 Å². The Hall–Kier alpha value is -2.37. The fourth-order valence-electron chi connectivity index (χ4n) is 2.74. The van der Waals surface area contributed by atoms with Gasteiger partial charge in [0.25, 0.3) is 5.91 Å². The molecule has 0 unspecified atom stereocenters. The molecule has 0 saturated carbocycles. The van der Waals surface area contributed by atoms with E-state index in [2.05, 4.69) is 20.9 Å². The van der Waals surface area contributed by atoms with Crippen LogP contribution in [0.15, 0.2) is 27.7 Å². The lowest BCUT2D eigenvalue weighted by molar-refractivity contribution is -0.142. The minimum absolute atomic E-state index is 0.0176. The van der Waals surface area contributed by atoms with Crippen molar-refractivity contribution in [3.05, 3.63) is 42.1 Å². The van der Waals surface area contributed by atoms with E-state index in [0.717, 1.165) is 15.9 Å². The molecule has 1 aromatic carbocycles. The molecule has 140 valence electrons. The van der Waals surface area contributed by atoms with E-state index < -0.39 is 36.2 Å². The van der Waals surface area contributed by atoms with Crippen molar-refractivity contribution < 1.29 is 29.7 Å². The van der Waals surface area contributed by atoms with Crippen LogP contribution in [0.5, 0.6) is 5.88 Å². The lowest BCUT2D eigenvalue weighted by Gasteiger charge is -2.14. The van der Waals surface area contributed by atoms with Gasteiger partial charge in [-0.05, 0) is 36.8 Å². The number of carboxylic acid groups (broad SMARTS) is 2. The smallest absolute Gasteiger partial charge is 0.326 e. The molecule has 0 fully saturated rings.